The molecule has 0 saturated carbocycles. The number of nitrogens with one attached hydrogen (secondary N) is 2. The summed E-state index contributed by atoms with van der Waals surface area (Å²) >= 11 is 0. The van der Waals surface area contributed by atoms with E-state index >= 15 is 8.78 Å². The number of aromatic nitrogens is 3. The summed E-state index contributed by atoms with van der Waals surface area (Å²) in [6, 6.07) is 13.9. The maximum absolute atomic E-state index is 15.3. The number of hydrogen-bond acceptors (Lipinski definition) is 9. The summed E-state index contributed by atoms with van der Waals surface area (Å²) < 4.78 is 84.8. The lowest BCUT2D eigenvalue weighted by atomic mass is 10.0. The molecule has 0 spiro atoms. The highest BCUT2D eigenvalue weighted by Gasteiger charge is 2.28. The second kappa shape index (κ2) is 15.3. The predicted molar refractivity (Wildman–Crippen MR) is 189 cm³/mol. The molecule has 3 aromatic carbocycles. The fraction of sp³-hybridized carbons (Fsp3) is 0.135. The number of benzene rings is 3. The summed E-state index contributed by atoms with van der Waals surface area (Å²) in [6.45, 7) is -0.265. The Kier molecular flexibility index (Phi) is 10.5. The number of rotatable bonds is 13. The van der Waals surface area contributed by atoms with Gasteiger partial charge in [0.05, 0.1) is 37.0 Å². The molecule has 3 aromatic heterocycles. The van der Waals surface area contributed by atoms with Gasteiger partial charge >= 0.3 is 5.97 Å². The number of nitrogens with zero attached hydrogens (tertiary/aromatic N) is 3. The van der Waals surface area contributed by atoms with Crippen molar-refractivity contribution in [3.05, 3.63) is 126 Å². The van der Waals surface area contributed by atoms with Gasteiger partial charge in [-0.25, -0.2) is 32.0 Å². The number of ether oxygens (including phenoxy) is 2. The molecule has 0 bridgehead atoms. The first-order valence-electron chi connectivity index (χ1n) is 15.9. The molecular weight excluding hydrogens is 731 g/mol. The van der Waals surface area contributed by atoms with E-state index in [1.165, 1.54) is 56.9 Å². The van der Waals surface area contributed by atoms with Crippen molar-refractivity contribution in [2.45, 2.75) is 24.0 Å². The lowest BCUT2D eigenvalue weighted by Crippen LogP contribution is -2.43. The number of carbonyl (C=O) groups excluding carboxylic acids is 1. The highest BCUT2D eigenvalue weighted by atomic mass is 32.2. The number of halogens is 3. The summed E-state index contributed by atoms with van der Waals surface area (Å²) in [6.07, 6.45) is 3.94. The van der Waals surface area contributed by atoms with Gasteiger partial charge < -0.3 is 29.4 Å². The molecule has 1 atom stereocenters. The fourth-order valence-electron chi connectivity index (χ4n) is 5.86. The number of carboxylic acids is 1. The third-order valence-corrected chi connectivity index (χ3v) is 9.81. The second-order valence-corrected chi connectivity index (χ2v) is 13.5. The van der Waals surface area contributed by atoms with E-state index in [2.05, 4.69) is 20.0 Å². The Morgan fingerprint density at radius 2 is 1.54 bits per heavy atom. The first-order valence-corrected chi connectivity index (χ1v) is 17.4. The third kappa shape index (κ3) is 7.53. The number of fused-ring (bicyclic) bond motifs is 1. The lowest BCUT2D eigenvalue weighted by Gasteiger charge is -2.19. The molecule has 3 heterocycles. The van der Waals surface area contributed by atoms with Gasteiger partial charge in [-0.05, 0) is 71.3 Å². The van der Waals surface area contributed by atoms with Crippen LogP contribution >= 0.6 is 0 Å². The molecule has 54 heavy (non-hydrogen) atoms. The lowest BCUT2D eigenvalue weighted by molar-refractivity contribution is -0.139. The first kappa shape index (κ1) is 37.3. The highest BCUT2D eigenvalue weighted by molar-refractivity contribution is 7.92. The van der Waals surface area contributed by atoms with Gasteiger partial charge in [0.25, 0.3) is 15.9 Å². The molecule has 278 valence electrons. The number of pyridine rings is 2. The summed E-state index contributed by atoms with van der Waals surface area (Å²) in [5, 5.41) is 21.8. The zero-order chi connectivity index (χ0) is 38.7. The van der Waals surface area contributed by atoms with E-state index in [1.807, 2.05) is 0 Å². The van der Waals surface area contributed by atoms with Crippen LogP contribution in [-0.2, 0) is 27.8 Å². The minimum atomic E-state index is -4.38. The van der Waals surface area contributed by atoms with Gasteiger partial charge in [0.15, 0.2) is 0 Å². The molecular formula is C37H30F3N5O8S. The first-order chi connectivity index (χ1) is 25.8. The number of carboxylic acid groups (broad SMARTS) is 1. The largest absolute Gasteiger partial charge is 0.496 e. The average molecular weight is 762 g/mol. The number of imidazole rings is 1. The van der Waals surface area contributed by atoms with Gasteiger partial charge in [0.1, 0.15) is 40.4 Å². The number of hydrogen-bond donors (Lipinski definition) is 4. The number of sulfonamides is 1. The predicted octanol–water partition coefficient (Wildman–Crippen LogP) is 5.22. The monoisotopic (exact) mass is 761 g/mol. The second-order valence-electron chi connectivity index (χ2n) is 11.8. The van der Waals surface area contributed by atoms with Crippen LogP contribution in [0.3, 0.4) is 0 Å². The zero-order valence-electron chi connectivity index (χ0n) is 28.4. The average Bonchev–Trinajstić information content (AvgIpc) is 3.64. The molecule has 0 fully saturated rings. The Balaban J connectivity index is 1.21. The minimum absolute atomic E-state index is 0.265. The van der Waals surface area contributed by atoms with Crippen LogP contribution in [-0.4, -0.2) is 65.1 Å². The maximum atomic E-state index is 15.3. The molecule has 0 aliphatic carbocycles. The summed E-state index contributed by atoms with van der Waals surface area (Å²) in [5.41, 5.74) is 1.57. The SMILES string of the molecule is COc1cc(CO)cc(OC)c1-c1ccc(C[C@H](NC(=O)c2c(F)cc(NS(=O)(=O)c3ccc(-c4ccnc(F)c4)cc3)cc2F)C(=O)O)n2ccnc12. The van der Waals surface area contributed by atoms with E-state index in [1.54, 1.807) is 34.9 Å². The topological polar surface area (TPSA) is 181 Å². The molecule has 0 radical (unpaired) electrons. The van der Waals surface area contributed by atoms with Crippen LogP contribution in [0.1, 0.15) is 21.6 Å². The molecule has 0 aliphatic rings. The van der Waals surface area contributed by atoms with E-state index < -0.39 is 56.8 Å². The Labute approximate surface area is 305 Å². The molecule has 0 saturated heterocycles. The van der Waals surface area contributed by atoms with Crippen LogP contribution in [0.15, 0.2) is 96.3 Å². The van der Waals surface area contributed by atoms with Gasteiger partial charge in [-0.15, -0.1) is 0 Å². The summed E-state index contributed by atoms with van der Waals surface area (Å²) in [7, 11) is -1.48. The summed E-state index contributed by atoms with van der Waals surface area (Å²) in [5.74, 6) is -5.78. The van der Waals surface area contributed by atoms with Crippen molar-refractivity contribution in [2.24, 2.45) is 0 Å². The Bertz CT molecular complexity index is 2460. The standard InChI is InChI=1S/C37H30F3N5O8S/c1-52-30-13-20(19-46)14-31(53-2)33(30)26-8-5-24(45-12-11-42-35(26)45)18-29(37(48)49)43-36(47)34-27(38)16-23(17-28(34)39)44-54(50,51)25-6-3-21(4-7-25)22-9-10-41-32(40)15-22/h3-17,29,44,46H,18-19H2,1-2H3,(H,43,47)(H,48,49)/t29-/m0/s1. The molecule has 17 heteroatoms. The van der Waals surface area contributed by atoms with Crippen LogP contribution in [0.25, 0.3) is 27.9 Å². The van der Waals surface area contributed by atoms with Crippen LogP contribution < -0.4 is 19.5 Å². The smallest absolute Gasteiger partial charge is 0.326 e. The van der Waals surface area contributed by atoms with Crippen molar-refractivity contribution in [1.29, 1.82) is 0 Å². The van der Waals surface area contributed by atoms with E-state index in [-0.39, 0.29) is 17.9 Å². The highest BCUT2D eigenvalue weighted by Crippen LogP contribution is 2.41. The number of amides is 1. The van der Waals surface area contributed by atoms with Crippen LogP contribution in [0, 0.1) is 17.6 Å². The molecule has 1 amide bonds. The van der Waals surface area contributed by atoms with E-state index in [0.29, 0.717) is 62.8 Å². The van der Waals surface area contributed by atoms with Crippen LogP contribution in [0.5, 0.6) is 11.5 Å². The van der Waals surface area contributed by atoms with Gasteiger partial charge in [0, 0.05) is 42.3 Å². The maximum Gasteiger partial charge on any atom is 0.326 e. The molecule has 0 aliphatic heterocycles. The number of anilines is 1. The van der Waals surface area contributed by atoms with Crippen molar-refractivity contribution < 1.29 is 50.9 Å². The Morgan fingerprint density at radius 1 is 0.870 bits per heavy atom. The normalized spacial score (nSPS) is 12.0. The minimum Gasteiger partial charge on any atom is -0.496 e. The van der Waals surface area contributed by atoms with Crippen molar-refractivity contribution in [3.8, 4) is 33.8 Å². The Morgan fingerprint density at radius 3 is 2.13 bits per heavy atom. The quantitative estimate of drug-likeness (QED) is 0.114. The number of aliphatic hydroxyl groups is 1. The molecule has 4 N–H and O–H groups in total. The molecule has 0 unspecified atom stereocenters. The number of aliphatic hydroxyl groups excluding tert-OH is 1. The molecule has 13 nitrogen and oxygen atoms in total. The molecule has 6 rings (SSSR count). The number of carbonyl (C=O) groups is 2. The van der Waals surface area contributed by atoms with Crippen LogP contribution in [0.4, 0.5) is 18.9 Å². The van der Waals surface area contributed by atoms with Crippen molar-refractivity contribution in [2.75, 3.05) is 18.9 Å². The van der Waals surface area contributed by atoms with E-state index in [4.69, 9.17) is 9.47 Å². The summed E-state index contributed by atoms with van der Waals surface area (Å²) in [4.78, 5) is 33.1. The van der Waals surface area contributed by atoms with Crippen LogP contribution in [0.2, 0.25) is 0 Å². The number of aliphatic carboxylic acids is 1. The van der Waals surface area contributed by atoms with E-state index in [0.717, 1.165) is 6.07 Å². The Hall–Kier alpha value is -6.46. The van der Waals surface area contributed by atoms with Gasteiger partial charge in [-0.3, -0.25) is 9.52 Å². The van der Waals surface area contributed by atoms with Gasteiger partial charge in [0.2, 0.25) is 5.95 Å². The third-order valence-electron chi connectivity index (χ3n) is 8.41. The van der Waals surface area contributed by atoms with Crippen molar-refractivity contribution in [3.63, 3.8) is 0 Å². The van der Waals surface area contributed by atoms with Gasteiger partial charge in [-0.1, -0.05) is 12.1 Å². The van der Waals surface area contributed by atoms with E-state index in [9.17, 15) is 32.6 Å². The zero-order valence-corrected chi connectivity index (χ0v) is 29.2. The fourth-order valence-corrected chi connectivity index (χ4v) is 6.90. The van der Waals surface area contributed by atoms with Crippen molar-refractivity contribution in [1.82, 2.24) is 19.7 Å². The van der Waals surface area contributed by atoms with Crippen molar-refractivity contribution >= 4 is 33.2 Å². The number of methoxy groups -OCH3 is 2. The molecule has 6 aromatic rings. The van der Waals surface area contributed by atoms with Gasteiger partial charge in [-0.2, -0.15) is 4.39 Å².